The third-order valence-electron chi connectivity index (χ3n) is 3.20. The molecule has 118 valence electrons. The minimum atomic E-state index is -1.25. The van der Waals surface area contributed by atoms with Crippen molar-refractivity contribution in [3.63, 3.8) is 0 Å². The van der Waals surface area contributed by atoms with E-state index in [9.17, 15) is 19.8 Å². The molecule has 0 aliphatic carbocycles. The van der Waals surface area contributed by atoms with Crippen LogP contribution in [0.5, 0.6) is 11.5 Å². The summed E-state index contributed by atoms with van der Waals surface area (Å²) in [6.07, 6.45) is 2.60. The fraction of sp³-hybridized carbons (Fsp3) is 0.111. The van der Waals surface area contributed by atoms with Crippen LogP contribution in [0.15, 0.2) is 48.5 Å². The molecule has 0 saturated carbocycles. The number of methoxy groups -OCH3 is 1. The molecule has 0 saturated heterocycles. The van der Waals surface area contributed by atoms with E-state index in [2.05, 4.69) is 0 Å². The van der Waals surface area contributed by atoms with E-state index in [1.165, 1.54) is 31.4 Å². The fourth-order valence-corrected chi connectivity index (χ4v) is 2.12. The number of hydrogen-bond acceptors (Lipinski definition) is 5. The summed E-state index contributed by atoms with van der Waals surface area (Å²) in [5.41, 5.74) is 1.41. The molecule has 0 spiro atoms. The molecule has 0 atom stereocenters. The molecule has 0 amide bonds. The standard InChI is InChI=1S/C18H16O5/c1-23-17-8-6-13(10-14(17)11-18(21)22)16(20)7-5-12-3-2-4-15(19)9-12/h2-10,19H,11H2,1H3,(H,21,22)/p-1/b7-5+. The van der Waals surface area contributed by atoms with Gasteiger partial charge in [-0.2, -0.15) is 0 Å². The van der Waals surface area contributed by atoms with Gasteiger partial charge < -0.3 is 19.7 Å². The number of ketones is 1. The molecule has 5 nitrogen and oxygen atoms in total. The Labute approximate surface area is 133 Å². The van der Waals surface area contributed by atoms with Gasteiger partial charge in [-0.3, -0.25) is 4.79 Å². The molecule has 0 aromatic heterocycles. The van der Waals surface area contributed by atoms with Crippen molar-refractivity contribution in [3.05, 3.63) is 65.2 Å². The first kappa shape index (κ1) is 16.3. The van der Waals surface area contributed by atoms with Crippen molar-refractivity contribution >= 4 is 17.8 Å². The van der Waals surface area contributed by atoms with Gasteiger partial charge in [0.15, 0.2) is 5.78 Å². The lowest BCUT2D eigenvalue weighted by Crippen LogP contribution is -2.24. The molecule has 0 fully saturated rings. The summed E-state index contributed by atoms with van der Waals surface area (Å²) < 4.78 is 5.08. The molecule has 1 N–H and O–H groups in total. The van der Waals surface area contributed by atoms with Crippen molar-refractivity contribution in [2.24, 2.45) is 0 Å². The highest BCUT2D eigenvalue weighted by molar-refractivity contribution is 6.07. The molecule has 5 heteroatoms. The average Bonchev–Trinajstić information content (AvgIpc) is 2.52. The van der Waals surface area contributed by atoms with E-state index in [1.807, 2.05) is 0 Å². The third kappa shape index (κ3) is 4.44. The van der Waals surface area contributed by atoms with Gasteiger partial charge in [-0.15, -0.1) is 0 Å². The van der Waals surface area contributed by atoms with Crippen molar-refractivity contribution in [1.29, 1.82) is 0 Å². The third-order valence-corrected chi connectivity index (χ3v) is 3.20. The van der Waals surface area contributed by atoms with Crippen LogP contribution in [0.2, 0.25) is 0 Å². The number of carboxylic acids is 1. The molecule has 0 aliphatic rings. The van der Waals surface area contributed by atoms with E-state index in [0.29, 0.717) is 22.4 Å². The molecule has 2 aromatic carbocycles. The second-order valence-corrected chi connectivity index (χ2v) is 4.87. The maximum Gasteiger partial charge on any atom is 0.185 e. The van der Waals surface area contributed by atoms with Gasteiger partial charge in [0.25, 0.3) is 0 Å². The Morgan fingerprint density at radius 1 is 1.22 bits per heavy atom. The normalized spacial score (nSPS) is 10.7. The average molecular weight is 311 g/mol. The Bertz CT molecular complexity index is 762. The van der Waals surface area contributed by atoms with Crippen LogP contribution in [0.4, 0.5) is 0 Å². The number of carbonyl (C=O) groups excluding carboxylic acids is 2. The summed E-state index contributed by atoms with van der Waals surface area (Å²) in [7, 11) is 1.43. The number of rotatable bonds is 6. The van der Waals surface area contributed by atoms with Crippen LogP contribution in [0, 0.1) is 0 Å². The van der Waals surface area contributed by atoms with Gasteiger partial charge in [-0.05, 0) is 42.0 Å². The number of carboxylic acid groups (broad SMARTS) is 1. The first-order valence-corrected chi connectivity index (χ1v) is 6.88. The highest BCUT2D eigenvalue weighted by Crippen LogP contribution is 2.21. The quantitative estimate of drug-likeness (QED) is 0.646. The number of allylic oxidation sites excluding steroid dienone is 1. The van der Waals surface area contributed by atoms with Crippen molar-refractivity contribution in [2.75, 3.05) is 7.11 Å². The predicted molar refractivity (Wildman–Crippen MR) is 83.2 cm³/mol. The van der Waals surface area contributed by atoms with Gasteiger partial charge >= 0.3 is 0 Å². The molecule has 0 bridgehead atoms. The van der Waals surface area contributed by atoms with Crippen LogP contribution in [0.1, 0.15) is 21.5 Å². The monoisotopic (exact) mass is 311 g/mol. The van der Waals surface area contributed by atoms with E-state index >= 15 is 0 Å². The van der Waals surface area contributed by atoms with Gasteiger partial charge in [0, 0.05) is 23.5 Å². The van der Waals surface area contributed by atoms with E-state index in [0.717, 1.165) is 0 Å². The smallest absolute Gasteiger partial charge is 0.185 e. The number of hydrogen-bond donors (Lipinski definition) is 1. The van der Waals surface area contributed by atoms with Gasteiger partial charge in [-0.25, -0.2) is 0 Å². The van der Waals surface area contributed by atoms with Gasteiger partial charge in [0.05, 0.1) is 7.11 Å². The Morgan fingerprint density at radius 3 is 2.65 bits per heavy atom. The summed E-state index contributed by atoms with van der Waals surface area (Å²) in [6, 6.07) is 11.1. The number of aliphatic carboxylic acids is 1. The van der Waals surface area contributed by atoms with Crippen LogP contribution in [-0.2, 0) is 11.2 Å². The Kier molecular flexibility index (Phi) is 5.15. The Morgan fingerprint density at radius 2 is 2.00 bits per heavy atom. The van der Waals surface area contributed by atoms with Gasteiger partial charge in [-0.1, -0.05) is 18.2 Å². The van der Waals surface area contributed by atoms with E-state index in [-0.39, 0.29) is 18.0 Å². The minimum Gasteiger partial charge on any atom is -0.550 e. The number of aromatic hydroxyl groups is 1. The van der Waals surface area contributed by atoms with Gasteiger partial charge in [0.1, 0.15) is 11.5 Å². The molecule has 0 aliphatic heterocycles. The summed E-state index contributed by atoms with van der Waals surface area (Å²) in [6.45, 7) is 0. The highest BCUT2D eigenvalue weighted by atomic mass is 16.5. The maximum atomic E-state index is 12.2. The number of ether oxygens (including phenoxy) is 1. The summed E-state index contributed by atoms with van der Waals surface area (Å²) in [5, 5.41) is 20.2. The molecule has 2 rings (SSSR count). The molecular weight excluding hydrogens is 296 g/mol. The summed E-state index contributed by atoms with van der Waals surface area (Å²) in [5.74, 6) is -1.03. The fourth-order valence-electron chi connectivity index (χ4n) is 2.12. The zero-order valence-corrected chi connectivity index (χ0v) is 12.5. The highest BCUT2D eigenvalue weighted by Gasteiger charge is 2.08. The lowest BCUT2D eigenvalue weighted by molar-refractivity contribution is -0.304. The van der Waals surface area contributed by atoms with E-state index in [1.54, 1.807) is 30.3 Å². The van der Waals surface area contributed by atoms with Crippen LogP contribution < -0.4 is 9.84 Å². The molecule has 0 heterocycles. The van der Waals surface area contributed by atoms with Crippen molar-refractivity contribution in [2.45, 2.75) is 6.42 Å². The van der Waals surface area contributed by atoms with Crippen molar-refractivity contribution < 1.29 is 24.5 Å². The lowest BCUT2D eigenvalue weighted by Gasteiger charge is -2.10. The molecular formula is C18H15O5-. The lowest BCUT2D eigenvalue weighted by atomic mass is 10.0. The summed E-state index contributed by atoms with van der Waals surface area (Å²) in [4.78, 5) is 23.0. The minimum absolute atomic E-state index is 0.111. The van der Waals surface area contributed by atoms with Crippen LogP contribution >= 0.6 is 0 Å². The molecule has 0 radical (unpaired) electrons. The predicted octanol–water partition coefficient (Wildman–Crippen LogP) is 1.59. The second kappa shape index (κ2) is 7.26. The second-order valence-electron chi connectivity index (χ2n) is 4.87. The first-order chi connectivity index (χ1) is 11.0. The largest absolute Gasteiger partial charge is 0.550 e. The van der Waals surface area contributed by atoms with Crippen LogP contribution in [0.3, 0.4) is 0 Å². The number of benzene rings is 2. The molecule has 2 aromatic rings. The van der Waals surface area contributed by atoms with Gasteiger partial charge in [0.2, 0.25) is 0 Å². The SMILES string of the molecule is COc1ccc(C(=O)/C=C/c2cccc(O)c2)cc1CC(=O)[O-]. The number of phenols is 1. The zero-order chi connectivity index (χ0) is 16.8. The Balaban J connectivity index is 2.23. The summed E-state index contributed by atoms with van der Waals surface area (Å²) >= 11 is 0. The molecule has 23 heavy (non-hydrogen) atoms. The van der Waals surface area contributed by atoms with E-state index in [4.69, 9.17) is 4.74 Å². The topological polar surface area (TPSA) is 86.7 Å². The van der Waals surface area contributed by atoms with Crippen LogP contribution in [0.25, 0.3) is 6.08 Å². The number of carbonyl (C=O) groups is 2. The maximum absolute atomic E-state index is 12.2. The van der Waals surface area contributed by atoms with Crippen LogP contribution in [-0.4, -0.2) is 24.0 Å². The van der Waals surface area contributed by atoms with Crippen molar-refractivity contribution in [3.8, 4) is 11.5 Å². The first-order valence-electron chi connectivity index (χ1n) is 6.88. The van der Waals surface area contributed by atoms with E-state index < -0.39 is 5.97 Å². The van der Waals surface area contributed by atoms with Crippen molar-refractivity contribution in [1.82, 2.24) is 0 Å². The zero-order valence-electron chi connectivity index (χ0n) is 12.5. The number of phenolic OH excluding ortho intramolecular Hbond substituents is 1. The molecule has 0 unspecified atom stereocenters. The Hall–Kier alpha value is -3.08.